The van der Waals surface area contributed by atoms with E-state index >= 15 is 0 Å². The van der Waals surface area contributed by atoms with E-state index in [-0.39, 0.29) is 65.0 Å². The van der Waals surface area contributed by atoms with Crippen LogP contribution < -0.4 is 15.5 Å². The highest BCUT2D eigenvalue weighted by Crippen LogP contribution is 2.21. The number of anilines is 2. The second-order valence-electron chi connectivity index (χ2n) is 7.71. The number of hydrogen-bond donors (Lipinski definition) is 3. The van der Waals surface area contributed by atoms with E-state index in [9.17, 15) is 26.8 Å². The second-order valence-corrected chi connectivity index (χ2v) is 10.4. The first kappa shape index (κ1) is 30.2. The normalized spacial score (nSPS) is 14.2. The molecule has 1 aromatic carbocycles. The molecule has 0 aliphatic carbocycles. The van der Waals surface area contributed by atoms with Crippen molar-refractivity contribution in [2.45, 2.75) is 6.54 Å². The molecule has 3 N–H and O–H groups in total. The standard InChI is InChI=1S/C21H19ClF2N6O4S.2ClH/c22-14-8-16(24)15(23)7-13(14)20(31)27-18-9-17(28-29-18)21(32)26-11-12-1-2-19(25-10-12)30-3-5-35(33,34)6-4-30;;/h1-2,7-10H,3-6,11H2,(H,26,32)(H2,27,28,29,31);2*1H. The average Bonchev–Trinajstić information content (AvgIpc) is 3.29. The Kier molecular flexibility index (Phi) is 10.2. The van der Waals surface area contributed by atoms with Crippen molar-refractivity contribution in [3.63, 3.8) is 0 Å². The van der Waals surface area contributed by atoms with Crippen LogP contribution in [-0.2, 0) is 16.4 Å². The topological polar surface area (TPSA) is 137 Å². The quantitative estimate of drug-likeness (QED) is 0.372. The van der Waals surface area contributed by atoms with Crippen LogP contribution in [0.2, 0.25) is 5.02 Å². The zero-order chi connectivity index (χ0) is 25.2. The molecule has 0 radical (unpaired) electrons. The molecule has 0 bridgehead atoms. The lowest BCUT2D eigenvalue weighted by Crippen LogP contribution is -2.40. The minimum absolute atomic E-state index is 0. The highest BCUT2D eigenvalue weighted by molar-refractivity contribution is 7.91. The number of carbonyl (C=O) groups is 2. The Balaban J connectivity index is 0.00000241. The fraction of sp³-hybridized carbons (Fsp3) is 0.238. The fourth-order valence-corrected chi connectivity index (χ4v) is 4.75. The second kappa shape index (κ2) is 12.5. The van der Waals surface area contributed by atoms with E-state index in [1.807, 2.05) is 4.90 Å². The van der Waals surface area contributed by atoms with Gasteiger partial charge in [-0.3, -0.25) is 14.7 Å². The number of halogens is 5. The number of benzene rings is 1. The summed E-state index contributed by atoms with van der Waals surface area (Å²) >= 11 is 5.79. The predicted octanol–water partition coefficient (Wildman–Crippen LogP) is 3.00. The number of H-pyrrole nitrogens is 1. The van der Waals surface area contributed by atoms with Crippen LogP contribution in [0.3, 0.4) is 0 Å². The summed E-state index contributed by atoms with van der Waals surface area (Å²) in [4.78, 5) is 30.9. The number of nitrogens with one attached hydrogen (secondary N) is 3. The molecule has 2 aromatic heterocycles. The summed E-state index contributed by atoms with van der Waals surface area (Å²) in [6.07, 6.45) is 1.59. The van der Waals surface area contributed by atoms with Gasteiger partial charge in [-0.05, 0) is 23.8 Å². The van der Waals surface area contributed by atoms with Gasteiger partial charge in [0.05, 0.1) is 22.1 Å². The van der Waals surface area contributed by atoms with Gasteiger partial charge in [0.25, 0.3) is 11.8 Å². The van der Waals surface area contributed by atoms with Crippen molar-refractivity contribution in [1.29, 1.82) is 0 Å². The number of aromatic amines is 1. The predicted molar refractivity (Wildman–Crippen MR) is 139 cm³/mol. The number of rotatable bonds is 6. The van der Waals surface area contributed by atoms with Crippen LogP contribution in [0.5, 0.6) is 0 Å². The Bertz CT molecular complexity index is 1380. The first-order valence-electron chi connectivity index (χ1n) is 10.3. The summed E-state index contributed by atoms with van der Waals surface area (Å²) < 4.78 is 49.7. The van der Waals surface area contributed by atoms with Crippen molar-refractivity contribution in [1.82, 2.24) is 20.5 Å². The molecule has 16 heteroatoms. The summed E-state index contributed by atoms with van der Waals surface area (Å²) in [6.45, 7) is 0.921. The van der Waals surface area contributed by atoms with Gasteiger partial charge < -0.3 is 15.5 Å². The zero-order valence-corrected chi connectivity index (χ0v) is 22.0. The van der Waals surface area contributed by atoms with E-state index in [4.69, 9.17) is 11.6 Å². The van der Waals surface area contributed by atoms with Crippen LogP contribution in [-0.4, -0.2) is 60.0 Å². The van der Waals surface area contributed by atoms with Crippen LogP contribution in [0.4, 0.5) is 20.4 Å². The minimum Gasteiger partial charge on any atom is -0.355 e. The molecule has 0 unspecified atom stereocenters. The number of sulfone groups is 1. The number of aromatic nitrogens is 3. The van der Waals surface area contributed by atoms with Gasteiger partial charge in [-0.25, -0.2) is 22.2 Å². The van der Waals surface area contributed by atoms with Gasteiger partial charge in [0.2, 0.25) is 0 Å². The van der Waals surface area contributed by atoms with E-state index in [2.05, 4.69) is 25.8 Å². The van der Waals surface area contributed by atoms with Crippen molar-refractivity contribution in [2.75, 3.05) is 34.8 Å². The van der Waals surface area contributed by atoms with E-state index in [1.54, 1.807) is 18.3 Å². The van der Waals surface area contributed by atoms with Gasteiger partial charge in [-0.1, -0.05) is 17.7 Å². The molecule has 1 aliphatic heterocycles. The van der Waals surface area contributed by atoms with E-state index < -0.39 is 33.3 Å². The average molecular weight is 598 g/mol. The molecule has 2 amide bonds. The van der Waals surface area contributed by atoms with Crippen molar-refractivity contribution in [3.05, 3.63) is 70.0 Å². The molecule has 1 saturated heterocycles. The summed E-state index contributed by atoms with van der Waals surface area (Å²) in [5.41, 5.74) is 0.477. The van der Waals surface area contributed by atoms with E-state index in [0.29, 0.717) is 36.6 Å². The van der Waals surface area contributed by atoms with Crippen LogP contribution in [0.25, 0.3) is 0 Å². The van der Waals surface area contributed by atoms with Crippen LogP contribution in [0.1, 0.15) is 26.4 Å². The Hall–Kier alpha value is -3.00. The maximum atomic E-state index is 13.4. The third-order valence-electron chi connectivity index (χ3n) is 5.25. The van der Waals surface area contributed by atoms with Crippen LogP contribution in [0.15, 0.2) is 36.5 Å². The lowest BCUT2D eigenvalue weighted by atomic mass is 10.2. The highest BCUT2D eigenvalue weighted by atomic mass is 35.5. The number of hydrogen-bond acceptors (Lipinski definition) is 7. The highest BCUT2D eigenvalue weighted by Gasteiger charge is 2.22. The lowest BCUT2D eigenvalue weighted by Gasteiger charge is -2.27. The molecule has 1 fully saturated rings. The number of pyridine rings is 1. The number of carbonyl (C=O) groups excluding carboxylic acids is 2. The van der Waals surface area contributed by atoms with Gasteiger partial charge in [0.1, 0.15) is 11.5 Å². The largest absolute Gasteiger partial charge is 0.355 e. The van der Waals surface area contributed by atoms with Crippen molar-refractivity contribution >= 4 is 69.7 Å². The Labute approximate surface area is 227 Å². The van der Waals surface area contributed by atoms with Crippen LogP contribution in [0, 0.1) is 11.6 Å². The Morgan fingerprint density at radius 3 is 2.38 bits per heavy atom. The third-order valence-corrected chi connectivity index (χ3v) is 7.17. The van der Waals surface area contributed by atoms with Gasteiger partial charge in [0.15, 0.2) is 27.3 Å². The molecule has 3 heterocycles. The SMILES string of the molecule is Cl.Cl.O=C(NCc1ccc(N2CCS(=O)(=O)CC2)nc1)c1cc(NC(=O)c2cc(F)c(F)cc2Cl)n[nH]1. The first-order valence-corrected chi connectivity index (χ1v) is 12.5. The van der Waals surface area contributed by atoms with Gasteiger partial charge in [-0.2, -0.15) is 5.10 Å². The van der Waals surface area contributed by atoms with Crippen molar-refractivity contribution in [3.8, 4) is 0 Å². The number of amides is 2. The van der Waals surface area contributed by atoms with Crippen molar-refractivity contribution in [2.24, 2.45) is 0 Å². The summed E-state index contributed by atoms with van der Waals surface area (Å²) in [5, 5.41) is 11.0. The summed E-state index contributed by atoms with van der Waals surface area (Å²) in [6, 6.07) is 6.16. The molecular formula is C21H21Cl3F2N6O4S. The van der Waals surface area contributed by atoms with Gasteiger partial charge >= 0.3 is 0 Å². The molecule has 3 aromatic rings. The fourth-order valence-electron chi connectivity index (χ4n) is 3.31. The van der Waals surface area contributed by atoms with E-state index in [0.717, 1.165) is 0 Å². The lowest BCUT2D eigenvalue weighted by molar-refractivity contribution is 0.0945. The molecule has 0 saturated carbocycles. The number of nitrogens with zero attached hydrogens (tertiary/aromatic N) is 3. The minimum atomic E-state index is -2.98. The Morgan fingerprint density at radius 1 is 1.05 bits per heavy atom. The molecular weight excluding hydrogens is 577 g/mol. The molecule has 0 spiro atoms. The molecule has 4 rings (SSSR count). The third kappa shape index (κ3) is 7.51. The van der Waals surface area contributed by atoms with Gasteiger partial charge in [-0.15, -0.1) is 24.8 Å². The van der Waals surface area contributed by atoms with Gasteiger partial charge in [0, 0.05) is 31.9 Å². The summed E-state index contributed by atoms with van der Waals surface area (Å²) in [7, 11) is -2.98. The summed E-state index contributed by atoms with van der Waals surface area (Å²) in [5.74, 6) is -2.93. The maximum Gasteiger partial charge on any atom is 0.269 e. The molecule has 0 atom stereocenters. The molecule has 10 nitrogen and oxygen atoms in total. The molecule has 200 valence electrons. The first-order chi connectivity index (χ1) is 16.6. The molecule has 37 heavy (non-hydrogen) atoms. The zero-order valence-electron chi connectivity index (χ0n) is 18.8. The smallest absolute Gasteiger partial charge is 0.269 e. The molecule has 1 aliphatic rings. The van der Waals surface area contributed by atoms with Crippen LogP contribution >= 0.6 is 36.4 Å². The van der Waals surface area contributed by atoms with Crippen molar-refractivity contribution < 1.29 is 26.8 Å². The monoisotopic (exact) mass is 596 g/mol. The maximum absolute atomic E-state index is 13.4. The van der Waals surface area contributed by atoms with E-state index in [1.165, 1.54) is 6.07 Å². The Morgan fingerprint density at radius 2 is 1.73 bits per heavy atom.